The Bertz CT molecular complexity index is 910. The van der Waals surface area contributed by atoms with Crippen LogP contribution < -0.4 is 5.32 Å². The highest BCUT2D eigenvalue weighted by atomic mass is 35.5. The second-order valence-electron chi connectivity index (χ2n) is 6.12. The molecule has 1 atom stereocenters. The first-order valence-electron chi connectivity index (χ1n) is 8.16. The fraction of sp³-hybridized carbons (Fsp3) is 0.150. The van der Waals surface area contributed by atoms with Gasteiger partial charge in [-0.1, -0.05) is 41.9 Å². The van der Waals surface area contributed by atoms with Crippen molar-refractivity contribution in [2.24, 2.45) is 0 Å². The summed E-state index contributed by atoms with van der Waals surface area (Å²) in [5, 5.41) is 3.88. The zero-order valence-corrected chi connectivity index (χ0v) is 14.2. The van der Waals surface area contributed by atoms with Crippen LogP contribution in [0, 0.1) is 0 Å². The molecule has 4 rings (SSSR count). The number of halogens is 1. The van der Waals surface area contributed by atoms with Crippen molar-refractivity contribution in [1.82, 2.24) is 9.97 Å². The highest BCUT2D eigenvalue weighted by Gasteiger charge is 2.28. The zero-order chi connectivity index (χ0) is 17.2. The van der Waals surface area contributed by atoms with Crippen LogP contribution in [-0.4, -0.2) is 15.8 Å². The van der Waals surface area contributed by atoms with Crippen LogP contribution in [0.5, 0.6) is 0 Å². The Morgan fingerprint density at radius 3 is 2.52 bits per heavy atom. The third-order valence-corrected chi connectivity index (χ3v) is 4.66. The maximum Gasteiger partial charge on any atom is 0.227 e. The summed E-state index contributed by atoms with van der Waals surface area (Å²) in [7, 11) is 0. The van der Waals surface area contributed by atoms with E-state index in [-0.39, 0.29) is 11.7 Å². The Morgan fingerprint density at radius 2 is 1.76 bits per heavy atom. The summed E-state index contributed by atoms with van der Waals surface area (Å²) in [6, 6.07) is 17.4. The molecule has 3 aromatic rings. The lowest BCUT2D eigenvalue weighted by atomic mass is 9.82. The molecule has 1 aliphatic carbocycles. The van der Waals surface area contributed by atoms with Gasteiger partial charge in [-0.25, -0.2) is 9.97 Å². The highest BCUT2D eigenvalue weighted by molar-refractivity contribution is 6.30. The van der Waals surface area contributed by atoms with Crippen LogP contribution in [0.15, 0.2) is 60.8 Å². The van der Waals surface area contributed by atoms with Crippen LogP contribution in [0.2, 0.25) is 5.02 Å². The van der Waals surface area contributed by atoms with Crippen molar-refractivity contribution in [3.8, 4) is 0 Å². The van der Waals surface area contributed by atoms with E-state index in [1.54, 1.807) is 6.20 Å². The summed E-state index contributed by atoms with van der Waals surface area (Å²) in [6.07, 6.45) is 2.83. The molecule has 124 valence electrons. The first-order chi connectivity index (χ1) is 12.2. The molecule has 0 amide bonds. The van der Waals surface area contributed by atoms with Crippen LogP contribution >= 0.6 is 11.6 Å². The lowest BCUT2D eigenvalue weighted by Crippen LogP contribution is -2.21. The molecule has 0 radical (unpaired) electrons. The molecule has 0 spiro atoms. The number of benzene rings is 2. The summed E-state index contributed by atoms with van der Waals surface area (Å²) in [5.74, 6) is 0.721. The summed E-state index contributed by atoms with van der Waals surface area (Å²) >= 11 is 5.96. The van der Waals surface area contributed by atoms with Gasteiger partial charge in [-0.2, -0.15) is 0 Å². The second-order valence-corrected chi connectivity index (χ2v) is 6.56. The predicted molar refractivity (Wildman–Crippen MR) is 98.6 cm³/mol. The Kier molecular flexibility index (Phi) is 4.20. The molecule has 0 fully saturated rings. The van der Waals surface area contributed by atoms with Crippen LogP contribution in [-0.2, 0) is 6.42 Å². The lowest BCUT2D eigenvalue weighted by molar-refractivity contribution is 0.0963. The normalized spacial score (nSPS) is 16.4. The van der Waals surface area contributed by atoms with Gasteiger partial charge < -0.3 is 5.32 Å². The highest BCUT2D eigenvalue weighted by Crippen LogP contribution is 2.32. The minimum atomic E-state index is 0.0902. The smallest absolute Gasteiger partial charge is 0.227 e. The molecule has 1 N–H and O–H groups in total. The Morgan fingerprint density at radius 1 is 1.00 bits per heavy atom. The van der Waals surface area contributed by atoms with E-state index in [1.165, 1.54) is 0 Å². The number of hydrogen-bond acceptors (Lipinski definition) is 4. The molecule has 25 heavy (non-hydrogen) atoms. The van der Waals surface area contributed by atoms with Crippen LogP contribution in [0.4, 0.5) is 11.6 Å². The molecular weight excluding hydrogens is 334 g/mol. The second kappa shape index (κ2) is 6.65. The Hall–Kier alpha value is -2.72. The van der Waals surface area contributed by atoms with E-state index in [2.05, 4.69) is 15.3 Å². The number of hydrogen-bond donors (Lipinski definition) is 1. The van der Waals surface area contributed by atoms with Gasteiger partial charge in [0, 0.05) is 23.3 Å². The number of ketones is 1. The molecule has 0 bridgehead atoms. The number of aromatic nitrogens is 2. The van der Waals surface area contributed by atoms with E-state index < -0.39 is 0 Å². The molecule has 0 saturated heterocycles. The average Bonchev–Trinajstić information content (AvgIpc) is 2.63. The van der Waals surface area contributed by atoms with Gasteiger partial charge in [0.25, 0.3) is 0 Å². The molecule has 1 heterocycles. The van der Waals surface area contributed by atoms with Gasteiger partial charge >= 0.3 is 0 Å². The summed E-state index contributed by atoms with van der Waals surface area (Å²) in [4.78, 5) is 21.3. The van der Waals surface area contributed by atoms with Crippen LogP contribution in [0.1, 0.15) is 34.0 Å². The topological polar surface area (TPSA) is 54.9 Å². The van der Waals surface area contributed by atoms with Gasteiger partial charge in [-0.15, -0.1) is 0 Å². The first-order valence-corrected chi connectivity index (χ1v) is 8.53. The van der Waals surface area contributed by atoms with Crippen LogP contribution in [0.25, 0.3) is 0 Å². The SMILES string of the molecule is O=C1CC(c2ccc(Cl)cc2)Cc2nc(Nc3ccccc3)ncc21. The van der Waals surface area contributed by atoms with Crippen molar-refractivity contribution in [3.05, 3.63) is 82.6 Å². The van der Waals surface area contributed by atoms with Gasteiger partial charge in [0.15, 0.2) is 5.78 Å². The molecule has 1 unspecified atom stereocenters. The van der Waals surface area contributed by atoms with E-state index in [0.29, 0.717) is 29.4 Å². The van der Waals surface area contributed by atoms with E-state index in [9.17, 15) is 4.79 Å². The molecular formula is C20H16ClN3O. The Labute approximate surface area is 150 Å². The number of Topliss-reactive ketones (excluding diaryl/α,β-unsaturated/α-hetero) is 1. The zero-order valence-electron chi connectivity index (χ0n) is 13.4. The number of carbonyl (C=O) groups is 1. The number of anilines is 2. The summed E-state index contributed by atoms with van der Waals surface area (Å²) < 4.78 is 0. The number of rotatable bonds is 3. The largest absolute Gasteiger partial charge is 0.324 e. The summed E-state index contributed by atoms with van der Waals surface area (Å²) in [6.45, 7) is 0. The quantitative estimate of drug-likeness (QED) is 0.738. The first kappa shape index (κ1) is 15.8. The predicted octanol–water partition coefficient (Wildman–Crippen LogP) is 4.79. The van der Waals surface area contributed by atoms with Gasteiger partial charge in [-0.05, 0) is 42.2 Å². The van der Waals surface area contributed by atoms with Crippen LogP contribution in [0.3, 0.4) is 0 Å². The molecule has 1 aromatic heterocycles. The molecule has 1 aliphatic rings. The average molecular weight is 350 g/mol. The van der Waals surface area contributed by atoms with E-state index in [0.717, 1.165) is 16.9 Å². The Balaban J connectivity index is 1.61. The number of para-hydroxylation sites is 1. The molecule has 0 aliphatic heterocycles. The van der Waals surface area contributed by atoms with Crippen molar-refractivity contribution in [1.29, 1.82) is 0 Å². The molecule has 4 nitrogen and oxygen atoms in total. The van der Waals surface area contributed by atoms with Crippen molar-refractivity contribution in [3.63, 3.8) is 0 Å². The van der Waals surface area contributed by atoms with Crippen molar-refractivity contribution < 1.29 is 4.79 Å². The number of fused-ring (bicyclic) bond motifs is 1. The monoisotopic (exact) mass is 349 g/mol. The van der Waals surface area contributed by atoms with E-state index >= 15 is 0 Å². The minimum Gasteiger partial charge on any atom is -0.324 e. The fourth-order valence-corrected chi connectivity index (χ4v) is 3.25. The third kappa shape index (κ3) is 3.39. The maximum absolute atomic E-state index is 12.5. The van der Waals surface area contributed by atoms with Crippen molar-refractivity contribution in [2.45, 2.75) is 18.8 Å². The van der Waals surface area contributed by atoms with Gasteiger partial charge in [0.2, 0.25) is 5.95 Å². The molecule has 0 saturated carbocycles. The van der Waals surface area contributed by atoms with E-state index in [4.69, 9.17) is 11.6 Å². The van der Waals surface area contributed by atoms with Gasteiger partial charge in [0.05, 0.1) is 11.3 Å². The summed E-state index contributed by atoms with van der Waals surface area (Å²) in [5.41, 5.74) is 3.45. The van der Waals surface area contributed by atoms with Gasteiger partial charge in [-0.3, -0.25) is 4.79 Å². The number of carbonyl (C=O) groups excluding carboxylic acids is 1. The van der Waals surface area contributed by atoms with Crippen molar-refractivity contribution >= 4 is 29.0 Å². The fourth-order valence-electron chi connectivity index (χ4n) is 3.13. The number of nitrogens with zero attached hydrogens (tertiary/aromatic N) is 2. The molecule has 5 heteroatoms. The number of nitrogens with one attached hydrogen (secondary N) is 1. The van der Waals surface area contributed by atoms with Crippen molar-refractivity contribution in [2.75, 3.05) is 5.32 Å². The minimum absolute atomic E-state index is 0.0902. The third-order valence-electron chi connectivity index (χ3n) is 4.41. The van der Waals surface area contributed by atoms with E-state index in [1.807, 2.05) is 54.6 Å². The van der Waals surface area contributed by atoms with Gasteiger partial charge in [0.1, 0.15) is 0 Å². The molecule has 2 aromatic carbocycles. The lowest BCUT2D eigenvalue weighted by Gasteiger charge is -2.23. The standard InChI is InChI=1S/C20H16ClN3O/c21-15-8-6-13(7-9-15)14-10-18-17(19(25)11-14)12-22-20(24-18)23-16-4-2-1-3-5-16/h1-9,12,14H,10-11H2,(H,22,23,24). The maximum atomic E-state index is 12.5.